The lowest BCUT2D eigenvalue weighted by atomic mass is 9.85. The first-order chi connectivity index (χ1) is 16.5. The second kappa shape index (κ2) is 10.6. The van der Waals surface area contributed by atoms with Crippen molar-refractivity contribution < 1.29 is 19.4 Å². The second-order valence-electron chi connectivity index (χ2n) is 10.1. The summed E-state index contributed by atoms with van der Waals surface area (Å²) in [7, 11) is 1.59. The van der Waals surface area contributed by atoms with Crippen LogP contribution in [0.5, 0.6) is 5.75 Å². The van der Waals surface area contributed by atoms with E-state index in [0.717, 1.165) is 29.8 Å². The highest BCUT2D eigenvalue weighted by molar-refractivity contribution is 6.46. The summed E-state index contributed by atoms with van der Waals surface area (Å²) in [6.07, 6.45) is 0. The molecule has 2 aromatic rings. The van der Waals surface area contributed by atoms with E-state index < -0.39 is 17.7 Å². The van der Waals surface area contributed by atoms with Gasteiger partial charge >= 0.3 is 0 Å². The summed E-state index contributed by atoms with van der Waals surface area (Å²) in [5, 5.41) is 11.3. The lowest BCUT2D eigenvalue weighted by molar-refractivity contribution is -0.140. The Morgan fingerprint density at radius 2 is 1.69 bits per heavy atom. The van der Waals surface area contributed by atoms with Crippen molar-refractivity contribution >= 4 is 17.4 Å². The Morgan fingerprint density at radius 1 is 1.06 bits per heavy atom. The number of aliphatic hydroxyl groups excluding tert-OH is 1. The maximum absolute atomic E-state index is 13.3. The van der Waals surface area contributed by atoms with E-state index in [0.29, 0.717) is 24.4 Å². The zero-order chi connectivity index (χ0) is 25.9. The molecule has 1 N–H and O–H groups in total. The summed E-state index contributed by atoms with van der Waals surface area (Å²) in [6, 6.07) is 12.6. The van der Waals surface area contributed by atoms with Gasteiger partial charge in [0, 0.05) is 18.7 Å². The predicted octanol–water partition coefficient (Wildman–Crippen LogP) is 5.06. The van der Waals surface area contributed by atoms with Crippen molar-refractivity contribution in [3.63, 3.8) is 0 Å². The van der Waals surface area contributed by atoms with Gasteiger partial charge in [0.15, 0.2) is 0 Å². The van der Waals surface area contributed by atoms with E-state index in [4.69, 9.17) is 4.74 Å². The summed E-state index contributed by atoms with van der Waals surface area (Å²) in [5.74, 6) is -0.700. The van der Waals surface area contributed by atoms with Crippen LogP contribution in [-0.4, -0.2) is 59.9 Å². The number of Topliss-reactive ketones (excluding diaryl/α,β-unsaturated/α-hetero) is 1. The van der Waals surface area contributed by atoms with E-state index in [9.17, 15) is 14.7 Å². The van der Waals surface area contributed by atoms with Gasteiger partial charge in [-0.15, -0.1) is 0 Å². The number of hydrogen-bond donors (Lipinski definition) is 1. The molecule has 0 aromatic heterocycles. The summed E-state index contributed by atoms with van der Waals surface area (Å²) in [5.41, 5.74) is 3.39. The van der Waals surface area contributed by atoms with Gasteiger partial charge in [-0.1, -0.05) is 58.9 Å². The number of rotatable bonds is 8. The van der Waals surface area contributed by atoms with Crippen LogP contribution in [0.4, 0.5) is 0 Å². The molecular weight excluding hydrogens is 440 g/mol. The number of aliphatic hydroxyl groups is 1. The van der Waals surface area contributed by atoms with Crippen LogP contribution in [0.2, 0.25) is 0 Å². The number of carbonyl (C=O) groups excluding carboxylic acids is 2. The number of ether oxygens (including phenoxy) is 1. The predicted molar refractivity (Wildman–Crippen MR) is 140 cm³/mol. The van der Waals surface area contributed by atoms with Gasteiger partial charge in [-0.05, 0) is 60.3 Å². The van der Waals surface area contributed by atoms with Crippen LogP contribution in [0.3, 0.4) is 0 Å². The minimum Gasteiger partial charge on any atom is -0.507 e. The summed E-state index contributed by atoms with van der Waals surface area (Å²) in [6.45, 7) is 15.2. The number of carbonyl (C=O) groups is 2. The van der Waals surface area contributed by atoms with Gasteiger partial charge in [-0.2, -0.15) is 0 Å². The van der Waals surface area contributed by atoms with E-state index in [-0.39, 0.29) is 16.7 Å². The molecule has 1 fully saturated rings. The van der Waals surface area contributed by atoms with Crippen LogP contribution in [0.25, 0.3) is 5.76 Å². The van der Waals surface area contributed by atoms with Crippen molar-refractivity contribution in [2.45, 2.75) is 53.0 Å². The molecule has 1 amide bonds. The SMILES string of the molecule is CCN(CC)CCN1C(=O)C(=O)/C(=C(/O)c2ccc(OC)c(C)c2)[C@H]1c1ccc(C(C)(C)C)cc1. The Kier molecular flexibility index (Phi) is 8.06. The minimum atomic E-state index is -0.652. The van der Waals surface area contributed by atoms with Crippen molar-refractivity contribution in [2.75, 3.05) is 33.3 Å². The lowest BCUT2D eigenvalue weighted by Gasteiger charge is -2.28. The molecule has 35 heavy (non-hydrogen) atoms. The molecule has 3 rings (SSSR count). The molecule has 1 saturated heterocycles. The van der Waals surface area contributed by atoms with Crippen LogP contribution in [0, 0.1) is 6.92 Å². The fourth-order valence-electron chi connectivity index (χ4n) is 4.59. The molecule has 1 aliphatic heterocycles. The first kappa shape index (κ1) is 26.5. The summed E-state index contributed by atoms with van der Waals surface area (Å²) < 4.78 is 5.33. The number of likely N-dealkylation sites (tertiary alicyclic amines) is 1. The zero-order valence-corrected chi connectivity index (χ0v) is 22.0. The van der Waals surface area contributed by atoms with E-state index in [1.807, 2.05) is 31.2 Å². The highest BCUT2D eigenvalue weighted by Gasteiger charge is 2.46. The van der Waals surface area contributed by atoms with Crippen molar-refractivity contribution in [3.05, 3.63) is 70.3 Å². The maximum Gasteiger partial charge on any atom is 0.295 e. The molecule has 0 aliphatic carbocycles. The Morgan fingerprint density at radius 3 is 2.20 bits per heavy atom. The number of amides is 1. The number of nitrogens with zero attached hydrogens (tertiary/aromatic N) is 2. The third-order valence-corrected chi connectivity index (χ3v) is 6.85. The van der Waals surface area contributed by atoms with Crippen molar-refractivity contribution in [1.82, 2.24) is 9.80 Å². The summed E-state index contributed by atoms with van der Waals surface area (Å²) in [4.78, 5) is 30.3. The Bertz CT molecular complexity index is 1110. The average Bonchev–Trinajstić information content (AvgIpc) is 3.08. The van der Waals surface area contributed by atoms with Crippen LogP contribution >= 0.6 is 0 Å². The number of hydrogen-bond acceptors (Lipinski definition) is 5. The third-order valence-electron chi connectivity index (χ3n) is 6.85. The van der Waals surface area contributed by atoms with Crippen molar-refractivity contribution in [1.29, 1.82) is 0 Å². The monoisotopic (exact) mass is 478 g/mol. The standard InChI is InChI=1S/C29H38N2O4/c1-8-30(9-2)16-17-31-25(20-10-13-22(14-11-20)29(4,5)6)24(27(33)28(31)34)26(32)21-12-15-23(35-7)19(3)18-21/h10-15,18,25,32H,8-9,16-17H2,1-7H3/b26-24+/t25-/m1/s1. The fraction of sp³-hybridized carbons (Fsp3) is 0.448. The lowest BCUT2D eigenvalue weighted by Crippen LogP contribution is -2.38. The van der Waals surface area contributed by atoms with Crippen molar-refractivity contribution in [2.24, 2.45) is 0 Å². The van der Waals surface area contributed by atoms with Crippen LogP contribution < -0.4 is 4.74 Å². The molecule has 0 unspecified atom stereocenters. The van der Waals surface area contributed by atoms with E-state index in [2.05, 4.69) is 39.5 Å². The molecule has 0 radical (unpaired) electrons. The highest BCUT2D eigenvalue weighted by Crippen LogP contribution is 2.40. The normalized spacial score (nSPS) is 17.9. The van der Waals surface area contributed by atoms with Gasteiger partial charge in [0.1, 0.15) is 11.5 Å². The number of aryl methyl sites for hydroxylation is 1. The fourth-order valence-corrected chi connectivity index (χ4v) is 4.59. The molecule has 6 nitrogen and oxygen atoms in total. The smallest absolute Gasteiger partial charge is 0.295 e. The van der Waals surface area contributed by atoms with E-state index >= 15 is 0 Å². The molecule has 188 valence electrons. The van der Waals surface area contributed by atoms with E-state index in [1.165, 1.54) is 0 Å². The van der Waals surface area contributed by atoms with E-state index in [1.54, 1.807) is 30.2 Å². The van der Waals surface area contributed by atoms with Crippen LogP contribution in [0.15, 0.2) is 48.0 Å². The first-order valence-corrected chi connectivity index (χ1v) is 12.3. The molecule has 1 atom stereocenters. The van der Waals surface area contributed by atoms with Crippen LogP contribution in [-0.2, 0) is 15.0 Å². The Balaban J connectivity index is 2.13. The van der Waals surface area contributed by atoms with Gasteiger partial charge in [-0.3, -0.25) is 9.59 Å². The largest absolute Gasteiger partial charge is 0.507 e. The first-order valence-electron chi connectivity index (χ1n) is 12.3. The molecule has 0 bridgehead atoms. The highest BCUT2D eigenvalue weighted by atomic mass is 16.5. The molecule has 1 heterocycles. The number of likely N-dealkylation sites (N-methyl/N-ethyl adjacent to an activating group) is 1. The molecule has 1 aliphatic rings. The molecule has 0 spiro atoms. The number of ketones is 1. The number of benzene rings is 2. The van der Waals surface area contributed by atoms with Gasteiger partial charge in [0.2, 0.25) is 0 Å². The summed E-state index contributed by atoms with van der Waals surface area (Å²) >= 11 is 0. The molecular formula is C29H38N2O4. The van der Waals surface area contributed by atoms with Crippen LogP contribution in [0.1, 0.15) is 62.9 Å². The Hall–Kier alpha value is -3.12. The topological polar surface area (TPSA) is 70.1 Å². The van der Waals surface area contributed by atoms with Gasteiger partial charge in [0.05, 0.1) is 18.7 Å². The minimum absolute atomic E-state index is 0.0241. The van der Waals surface area contributed by atoms with Gasteiger partial charge in [0.25, 0.3) is 11.7 Å². The van der Waals surface area contributed by atoms with Gasteiger partial charge < -0.3 is 19.6 Å². The maximum atomic E-state index is 13.3. The molecule has 6 heteroatoms. The molecule has 2 aromatic carbocycles. The van der Waals surface area contributed by atoms with Crippen molar-refractivity contribution in [3.8, 4) is 5.75 Å². The third kappa shape index (κ3) is 5.43. The van der Waals surface area contributed by atoms with Gasteiger partial charge in [-0.25, -0.2) is 0 Å². The second-order valence-corrected chi connectivity index (χ2v) is 10.1. The quantitative estimate of drug-likeness (QED) is 0.326. The Labute approximate surface area is 209 Å². The number of methoxy groups -OCH3 is 1. The average molecular weight is 479 g/mol. The molecule has 0 saturated carbocycles. The zero-order valence-electron chi connectivity index (χ0n) is 22.0.